The van der Waals surface area contributed by atoms with Gasteiger partial charge >= 0.3 is 0 Å². The molecule has 10 heteroatoms. The topological polar surface area (TPSA) is 99.4 Å². The first-order chi connectivity index (χ1) is 17.0. The van der Waals surface area contributed by atoms with Crippen LogP contribution in [0.3, 0.4) is 0 Å². The molecule has 35 heavy (non-hydrogen) atoms. The first-order valence-electron chi connectivity index (χ1n) is 11.7. The number of amides is 1. The zero-order chi connectivity index (χ0) is 24.6. The first-order valence-corrected chi connectivity index (χ1v) is 12.9. The highest BCUT2D eigenvalue weighted by molar-refractivity contribution is 7.17. The van der Waals surface area contributed by atoms with Crippen molar-refractivity contribution in [1.29, 1.82) is 0 Å². The van der Waals surface area contributed by atoms with Crippen LogP contribution >= 0.6 is 22.9 Å². The van der Waals surface area contributed by atoms with Crippen molar-refractivity contribution in [2.45, 2.75) is 32.6 Å². The highest BCUT2D eigenvalue weighted by Gasteiger charge is 2.17. The molecule has 1 aliphatic heterocycles. The third-order valence-corrected chi connectivity index (χ3v) is 6.91. The number of pyridine rings is 1. The van der Waals surface area contributed by atoms with Gasteiger partial charge in [-0.2, -0.15) is 0 Å². The van der Waals surface area contributed by atoms with Gasteiger partial charge in [0, 0.05) is 25.5 Å². The van der Waals surface area contributed by atoms with Crippen LogP contribution in [0.25, 0.3) is 0 Å². The molecule has 1 aliphatic rings. The van der Waals surface area contributed by atoms with Gasteiger partial charge in [-0.1, -0.05) is 54.0 Å². The quantitative estimate of drug-likeness (QED) is 0.273. The maximum absolute atomic E-state index is 11.2. The summed E-state index contributed by atoms with van der Waals surface area (Å²) in [6.07, 6.45) is 10.3. The minimum atomic E-state index is -0.482. The lowest BCUT2D eigenvalue weighted by atomic mass is 10.2. The predicted octanol–water partition coefficient (Wildman–Crippen LogP) is 5.57. The van der Waals surface area contributed by atoms with Gasteiger partial charge < -0.3 is 26.2 Å². The van der Waals surface area contributed by atoms with Gasteiger partial charge in [0.25, 0.3) is 5.91 Å². The Hall–Kier alpha value is -3.30. The molecule has 0 saturated heterocycles. The number of anilines is 4. The fourth-order valence-electron chi connectivity index (χ4n) is 3.91. The van der Waals surface area contributed by atoms with Crippen molar-refractivity contribution in [1.82, 2.24) is 14.9 Å². The van der Waals surface area contributed by atoms with E-state index >= 15 is 0 Å². The van der Waals surface area contributed by atoms with Gasteiger partial charge in [0.15, 0.2) is 5.13 Å². The molecule has 0 spiro atoms. The zero-order valence-corrected chi connectivity index (χ0v) is 21.3. The van der Waals surface area contributed by atoms with E-state index < -0.39 is 5.91 Å². The molecule has 0 aliphatic carbocycles. The summed E-state index contributed by atoms with van der Waals surface area (Å²) < 4.78 is 0. The van der Waals surface area contributed by atoms with Crippen LogP contribution in [0.2, 0.25) is 5.02 Å². The Morgan fingerprint density at radius 2 is 1.91 bits per heavy atom. The number of carbonyl (C=O) groups is 1. The van der Waals surface area contributed by atoms with Crippen LogP contribution in [0.15, 0.2) is 55.0 Å². The second kappa shape index (κ2) is 11.9. The van der Waals surface area contributed by atoms with Crippen LogP contribution in [-0.2, 0) is 0 Å². The van der Waals surface area contributed by atoms with E-state index in [4.69, 9.17) is 17.3 Å². The standard InChI is InChI=1S/C25H30ClN7OS/c1-18-8-6-9-19(26)23(18)33-15-14-32(17-33)13-5-3-2-4-12-28-21-10-7-11-22(30-21)31-25-29-16-20(35-25)24(27)34/h6-11,14-16H,2-5,12-13,17H2,1H3,(H2,27,34)(H2,28,29,30,31). The fraction of sp³-hybridized carbons (Fsp3) is 0.320. The number of primary amides is 1. The Morgan fingerprint density at radius 3 is 2.71 bits per heavy atom. The van der Waals surface area contributed by atoms with Crippen molar-refractivity contribution >= 4 is 51.3 Å². The number of nitrogens with one attached hydrogen (secondary N) is 2. The molecular weight excluding hydrogens is 482 g/mol. The minimum absolute atomic E-state index is 0.413. The summed E-state index contributed by atoms with van der Waals surface area (Å²) in [5.41, 5.74) is 7.56. The van der Waals surface area contributed by atoms with Crippen LogP contribution in [0, 0.1) is 6.92 Å². The Labute approximate surface area is 214 Å². The lowest BCUT2D eigenvalue weighted by molar-refractivity contribution is 0.100. The summed E-state index contributed by atoms with van der Waals surface area (Å²) in [6, 6.07) is 11.7. The van der Waals surface area contributed by atoms with Crippen LogP contribution in [0.1, 0.15) is 40.9 Å². The number of unbranched alkanes of at least 4 members (excludes halogenated alkanes) is 3. The normalized spacial score (nSPS) is 12.9. The number of thiazole rings is 1. The molecule has 8 nitrogen and oxygen atoms in total. The summed E-state index contributed by atoms with van der Waals surface area (Å²) in [6.45, 7) is 4.83. The zero-order valence-electron chi connectivity index (χ0n) is 19.7. The van der Waals surface area contributed by atoms with Crippen LogP contribution in [0.5, 0.6) is 0 Å². The van der Waals surface area contributed by atoms with Crippen molar-refractivity contribution in [3.8, 4) is 0 Å². The largest absolute Gasteiger partial charge is 0.370 e. The maximum Gasteiger partial charge on any atom is 0.260 e. The highest BCUT2D eigenvalue weighted by Crippen LogP contribution is 2.31. The average molecular weight is 512 g/mol. The van der Waals surface area contributed by atoms with Gasteiger partial charge in [-0.15, -0.1) is 0 Å². The number of rotatable bonds is 12. The second-order valence-corrected chi connectivity index (χ2v) is 9.83. The average Bonchev–Trinajstić information content (AvgIpc) is 3.49. The number of nitrogens with zero attached hydrogens (tertiary/aromatic N) is 4. The molecule has 0 unspecified atom stereocenters. The summed E-state index contributed by atoms with van der Waals surface area (Å²) in [5.74, 6) is 0.990. The highest BCUT2D eigenvalue weighted by atomic mass is 35.5. The number of halogens is 1. The van der Waals surface area contributed by atoms with E-state index in [9.17, 15) is 4.79 Å². The van der Waals surface area contributed by atoms with Crippen molar-refractivity contribution in [2.24, 2.45) is 5.73 Å². The Morgan fingerprint density at radius 1 is 1.11 bits per heavy atom. The van der Waals surface area contributed by atoms with Crippen molar-refractivity contribution in [3.05, 3.63) is 70.5 Å². The van der Waals surface area contributed by atoms with E-state index in [2.05, 4.69) is 55.8 Å². The van der Waals surface area contributed by atoms with E-state index in [0.29, 0.717) is 15.8 Å². The number of aromatic nitrogens is 2. The van der Waals surface area contributed by atoms with Gasteiger partial charge in [-0.25, -0.2) is 9.97 Å². The fourth-order valence-corrected chi connectivity index (χ4v) is 4.92. The predicted molar refractivity (Wildman–Crippen MR) is 144 cm³/mol. The minimum Gasteiger partial charge on any atom is -0.370 e. The molecule has 3 heterocycles. The summed E-state index contributed by atoms with van der Waals surface area (Å²) >= 11 is 7.61. The molecule has 4 N–H and O–H groups in total. The molecule has 0 radical (unpaired) electrons. The third-order valence-electron chi connectivity index (χ3n) is 5.68. The first kappa shape index (κ1) is 24.8. The molecule has 1 amide bonds. The number of carbonyl (C=O) groups excluding carboxylic acids is 1. The molecule has 0 fully saturated rings. The summed E-state index contributed by atoms with van der Waals surface area (Å²) in [7, 11) is 0. The molecule has 0 atom stereocenters. The Bertz CT molecular complexity index is 1160. The molecule has 1 aromatic carbocycles. The molecule has 2 aromatic heterocycles. The van der Waals surface area contributed by atoms with E-state index in [-0.39, 0.29) is 0 Å². The molecule has 3 aromatic rings. The SMILES string of the molecule is Cc1cccc(Cl)c1N1C=CN(CCCCCCNc2cccc(Nc3ncc(C(N)=O)s3)n2)C1. The van der Waals surface area contributed by atoms with Gasteiger partial charge in [-0.3, -0.25) is 4.79 Å². The van der Waals surface area contributed by atoms with E-state index in [1.54, 1.807) is 0 Å². The van der Waals surface area contributed by atoms with Gasteiger partial charge in [-0.05, 0) is 43.5 Å². The molecule has 0 saturated carbocycles. The third kappa shape index (κ3) is 6.86. The number of hydrogen-bond donors (Lipinski definition) is 3. The summed E-state index contributed by atoms with van der Waals surface area (Å²) in [4.78, 5) is 24.9. The van der Waals surface area contributed by atoms with E-state index in [0.717, 1.165) is 55.5 Å². The van der Waals surface area contributed by atoms with Gasteiger partial charge in [0.05, 0.1) is 23.6 Å². The number of benzene rings is 1. The number of hydrogen-bond acceptors (Lipinski definition) is 8. The van der Waals surface area contributed by atoms with Crippen LogP contribution in [0.4, 0.5) is 22.5 Å². The monoisotopic (exact) mass is 511 g/mol. The number of nitrogens with two attached hydrogens (primary N) is 1. The number of aryl methyl sites for hydroxylation is 1. The van der Waals surface area contributed by atoms with Crippen molar-refractivity contribution < 1.29 is 4.79 Å². The smallest absolute Gasteiger partial charge is 0.260 e. The van der Waals surface area contributed by atoms with Gasteiger partial charge in [0.2, 0.25) is 0 Å². The van der Waals surface area contributed by atoms with Crippen molar-refractivity contribution in [3.63, 3.8) is 0 Å². The number of para-hydroxylation sites is 1. The van der Waals surface area contributed by atoms with Crippen LogP contribution < -0.4 is 21.3 Å². The maximum atomic E-state index is 11.2. The summed E-state index contributed by atoms with van der Waals surface area (Å²) in [5, 5.41) is 7.87. The Kier molecular flexibility index (Phi) is 8.44. The molecule has 0 bridgehead atoms. The molecular formula is C25H30ClN7OS. The molecule has 4 rings (SSSR count). The Balaban J connectivity index is 1.11. The second-order valence-electron chi connectivity index (χ2n) is 8.40. The van der Waals surface area contributed by atoms with Gasteiger partial charge in [0.1, 0.15) is 16.5 Å². The van der Waals surface area contributed by atoms with Crippen molar-refractivity contribution in [2.75, 3.05) is 35.3 Å². The van der Waals surface area contributed by atoms with E-state index in [1.165, 1.54) is 29.5 Å². The molecule has 184 valence electrons. The lowest BCUT2D eigenvalue weighted by Gasteiger charge is -2.23. The lowest BCUT2D eigenvalue weighted by Crippen LogP contribution is -2.26. The van der Waals surface area contributed by atoms with Crippen LogP contribution in [-0.4, -0.2) is 40.5 Å². The van der Waals surface area contributed by atoms with E-state index in [1.807, 2.05) is 30.3 Å².